The molecular formula is C31H46FN3O5. The molecule has 0 aromatic heterocycles. The van der Waals surface area contributed by atoms with Gasteiger partial charge in [-0.1, -0.05) is 32.1 Å². The third-order valence-corrected chi connectivity index (χ3v) is 9.27. The van der Waals surface area contributed by atoms with Crippen LogP contribution in [0.4, 0.5) is 10.1 Å². The molecule has 2 aliphatic carbocycles. The number of halogens is 1. The fourth-order valence-electron chi connectivity index (χ4n) is 6.97. The number of carbonyl (C=O) groups is 3. The second kappa shape index (κ2) is 14.9. The number of rotatable bonds is 11. The molecule has 40 heavy (non-hydrogen) atoms. The van der Waals surface area contributed by atoms with Crippen LogP contribution in [0.25, 0.3) is 0 Å². The van der Waals surface area contributed by atoms with Crippen LogP contribution >= 0.6 is 0 Å². The van der Waals surface area contributed by atoms with E-state index in [0.29, 0.717) is 49.6 Å². The predicted molar refractivity (Wildman–Crippen MR) is 151 cm³/mol. The van der Waals surface area contributed by atoms with Gasteiger partial charge in [0.05, 0.1) is 12.2 Å². The van der Waals surface area contributed by atoms with Gasteiger partial charge in [0.25, 0.3) is 0 Å². The van der Waals surface area contributed by atoms with Crippen molar-refractivity contribution in [1.82, 2.24) is 4.90 Å². The number of benzene rings is 1. The van der Waals surface area contributed by atoms with Crippen molar-refractivity contribution in [3.05, 3.63) is 29.8 Å². The number of carbonyl (C=O) groups excluding carboxylic acids is 3. The van der Waals surface area contributed by atoms with Gasteiger partial charge in [0.15, 0.2) is 0 Å². The maximum absolute atomic E-state index is 13.8. The average molecular weight is 560 g/mol. The SMILES string of the molecule is COCCCOC(=O)c1ccc(NC(=O)[C@@H]2[C@H](C3CCCCC3)CCN2C(=O)C2CCC([C@H](N)CF)CC2)cc1. The normalized spacial score (nSPS) is 26.3. The zero-order valence-corrected chi connectivity index (χ0v) is 23.8. The van der Waals surface area contributed by atoms with E-state index in [-0.39, 0.29) is 36.2 Å². The van der Waals surface area contributed by atoms with Crippen molar-refractivity contribution in [3.8, 4) is 0 Å². The second-order valence-electron chi connectivity index (χ2n) is 11.8. The van der Waals surface area contributed by atoms with E-state index in [1.54, 1.807) is 31.4 Å². The molecule has 3 atom stereocenters. The molecule has 1 aliphatic heterocycles. The highest BCUT2D eigenvalue weighted by Gasteiger charge is 2.46. The van der Waals surface area contributed by atoms with Crippen LogP contribution in [0.1, 0.15) is 81.0 Å². The maximum Gasteiger partial charge on any atom is 0.338 e. The number of amides is 2. The number of nitrogens with zero attached hydrogens (tertiary/aromatic N) is 1. The van der Waals surface area contributed by atoms with Crippen LogP contribution in [0.5, 0.6) is 0 Å². The topological polar surface area (TPSA) is 111 Å². The molecule has 222 valence electrons. The van der Waals surface area contributed by atoms with Crippen LogP contribution in [-0.4, -0.2) is 68.3 Å². The number of likely N-dealkylation sites (tertiary alicyclic amines) is 1. The highest BCUT2D eigenvalue weighted by molar-refractivity contribution is 5.98. The van der Waals surface area contributed by atoms with Gasteiger partial charge >= 0.3 is 5.97 Å². The number of nitrogens with two attached hydrogens (primary N) is 1. The first-order valence-corrected chi connectivity index (χ1v) is 15.1. The Bertz CT molecular complexity index is 976. The highest BCUT2D eigenvalue weighted by Crippen LogP contribution is 2.41. The summed E-state index contributed by atoms with van der Waals surface area (Å²) in [6, 6.07) is 5.73. The first-order valence-electron chi connectivity index (χ1n) is 15.1. The van der Waals surface area contributed by atoms with Crippen molar-refractivity contribution in [3.63, 3.8) is 0 Å². The Morgan fingerprint density at radius 2 is 1.70 bits per heavy atom. The van der Waals surface area contributed by atoms with Gasteiger partial charge in [-0.25, -0.2) is 9.18 Å². The Hall–Kier alpha value is -2.52. The quantitative estimate of drug-likeness (QED) is 0.300. The summed E-state index contributed by atoms with van der Waals surface area (Å²) >= 11 is 0. The van der Waals surface area contributed by atoms with Gasteiger partial charge in [-0.3, -0.25) is 9.59 Å². The Morgan fingerprint density at radius 3 is 2.35 bits per heavy atom. The number of methoxy groups -OCH3 is 1. The fraction of sp³-hybridized carbons (Fsp3) is 0.710. The smallest absolute Gasteiger partial charge is 0.338 e. The summed E-state index contributed by atoms with van der Waals surface area (Å²) in [6.45, 7) is 0.867. The Balaban J connectivity index is 1.42. The molecule has 2 amide bonds. The largest absolute Gasteiger partial charge is 0.462 e. The van der Waals surface area contributed by atoms with Gasteiger partial charge < -0.3 is 25.4 Å². The van der Waals surface area contributed by atoms with Crippen molar-refractivity contribution < 1.29 is 28.2 Å². The van der Waals surface area contributed by atoms with Crippen LogP contribution in [0, 0.1) is 23.7 Å². The molecule has 8 nitrogen and oxygen atoms in total. The molecule has 1 aromatic rings. The van der Waals surface area contributed by atoms with Crippen molar-refractivity contribution in [2.75, 3.05) is 38.9 Å². The summed E-state index contributed by atoms with van der Waals surface area (Å²) in [6.07, 6.45) is 10.1. The number of alkyl halides is 1. The highest BCUT2D eigenvalue weighted by atomic mass is 19.1. The van der Waals surface area contributed by atoms with Crippen molar-refractivity contribution >= 4 is 23.5 Å². The van der Waals surface area contributed by atoms with Crippen LogP contribution in [-0.2, 0) is 19.1 Å². The Morgan fingerprint density at radius 1 is 1.00 bits per heavy atom. The number of anilines is 1. The molecule has 1 saturated heterocycles. The minimum absolute atomic E-state index is 0.0531. The van der Waals surface area contributed by atoms with Gasteiger partial charge in [0.1, 0.15) is 12.7 Å². The molecule has 0 unspecified atom stereocenters. The molecule has 3 fully saturated rings. The summed E-state index contributed by atoms with van der Waals surface area (Å²) in [7, 11) is 1.60. The summed E-state index contributed by atoms with van der Waals surface area (Å²) in [5, 5.41) is 3.04. The van der Waals surface area contributed by atoms with E-state index in [9.17, 15) is 18.8 Å². The monoisotopic (exact) mass is 559 g/mol. The minimum atomic E-state index is -0.530. The molecule has 4 rings (SSSR count). The molecule has 2 saturated carbocycles. The molecule has 0 radical (unpaired) electrons. The van der Waals surface area contributed by atoms with E-state index in [2.05, 4.69) is 5.32 Å². The Kier molecular flexibility index (Phi) is 11.4. The van der Waals surface area contributed by atoms with Crippen molar-refractivity contribution in [1.29, 1.82) is 0 Å². The number of ether oxygens (including phenoxy) is 2. The van der Waals surface area contributed by atoms with E-state index < -0.39 is 24.7 Å². The van der Waals surface area contributed by atoms with E-state index in [4.69, 9.17) is 15.2 Å². The zero-order chi connectivity index (χ0) is 28.5. The number of hydrogen-bond acceptors (Lipinski definition) is 6. The first kappa shape index (κ1) is 30.4. The summed E-state index contributed by atoms with van der Waals surface area (Å²) in [5.41, 5.74) is 6.93. The molecular weight excluding hydrogens is 513 g/mol. The van der Waals surface area contributed by atoms with Gasteiger partial charge in [-0.15, -0.1) is 0 Å². The van der Waals surface area contributed by atoms with E-state index in [0.717, 1.165) is 32.1 Å². The van der Waals surface area contributed by atoms with Gasteiger partial charge in [-0.2, -0.15) is 0 Å². The first-order chi connectivity index (χ1) is 19.4. The summed E-state index contributed by atoms with van der Waals surface area (Å²) in [5.74, 6) is 0.0329. The summed E-state index contributed by atoms with van der Waals surface area (Å²) < 4.78 is 23.3. The fourth-order valence-corrected chi connectivity index (χ4v) is 6.97. The molecule has 9 heteroatoms. The molecule has 1 heterocycles. The lowest BCUT2D eigenvalue weighted by molar-refractivity contribution is -0.142. The standard InChI is InChI=1S/C31H46FN3O5/c1-39-18-5-19-40-31(38)24-12-14-25(15-13-24)34-29(36)28-26(21-6-3-2-4-7-21)16-17-35(28)30(37)23-10-8-22(9-11-23)27(33)20-32/h12-15,21-23,26-28H,2-11,16-20,33H2,1H3,(H,34,36)/t22?,23?,26-,27+,28-/m0/s1. The lowest BCUT2D eigenvalue weighted by Crippen LogP contribution is -2.50. The average Bonchev–Trinajstić information content (AvgIpc) is 3.45. The van der Waals surface area contributed by atoms with Gasteiger partial charge in [0.2, 0.25) is 11.8 Å². The predicted octanol–water partition coefficient (Wildman–Crippen LogP) is 4.72. The Labute approximate surface area is 237 Å². The van der Waals surface area contributed by atoms with Crippen molar-refractivity contribution in [2.45, 2.75) is 82.7 Å². The van der Waals surface area contributed by atoms with E-state index >= 15 is 0 Å². The molecule has 3 aliphatic rings. The van der Waals surface area contributed by atoms with Crippen LogP contribution in [0.3, 0.4) is 0 Å². The molecule has 0 bridgehead atoms. The number of nitrogens with one attached hydrogen (secondary N) is 1. The summed E-state index contributed by atoms with van der Waals surface area (Å²) in [4.78, 5) is 41.7. The van der Waals surface area contributed by atoms with Crippen LogP contribution in [0.2, 0.25) is 0 Å². The molecule has 3 N–H and O–H groups in total. The van der Waals surface area contributed by atoms with E-state index in [1.807, 2.05) is 4.90 Å². The molecule has 1 aromatic carbocycles. The van der Waals surface area contributed by atoms with Crippen LogP contribution < -0.4 is 11.1 Å². The lowest BCUT2D eigenvalue weighted by atomic mass is 9.76. The van der Waals surface area contributed by atoms with Crippen molar-refractivity contribution in [2.24, 2.45) is 29.4 Å². The van der Waals surface area contributed by atoms with Gasteiger partial charge in [0, 0.05) is 44.3 Å². The third kappa shape index (κ3) is 7.60. The number of hydrogen-bond donors (Lipinski definition) is 2. The van der Waals surface area contributed by atoms with E-state index in [1.165, 1.54) is 19.3 Å². The number of esters is 1. The van der Waals surface area contributed by atoms with Gasteiger partial charge in [-0.05, 0) is 74.1 Å². The lowest BCUT2D eigenvalue weighted by Gasteiger charge is -2.36. The second-order valence-corrected chi connectivity index (χ2v) is 11.8. The third-order valence-electron chi connectivity index (χ3n) is 9.27. The zero-order valence-electron chi connectivity index (χ0n) is 23.8. The minimum Gasteiger partial charge on any atom is -0.462 e. The van der Waals surface area contributed by atoms with Crippen LogP contribution in [0.15, 0.2) is 24.3 Å². The maximum atomic E-state index is 13.8. The molecule has 0 spiro atoms.